The van der Waals surface area contributed by atoms with Gasteiger partial charge in [-0.3, -0.25) is 4.79 Å². The monoisotopic (exact) mass is 984 g/mol. The quantitative estimate of drug-likeness (QED) is 0.0261. The molecule has 0 saturated carbocycles. The number of hydrogen-bond acceptors (Lipinski definition) is 8. The molecular weight excluding hydrogens is 887 g/mol. The molecule has 1 saturated heterocycles. The number of rotatable bonds is 43. The summed E-state index contributed by atoms with van der Waals surface area (Å²) in [6.45, 7) is 3.56. The molecule has 0 radical (unpaired) electrons. The van der Waals surface area contributed by atoms with Crippen LogP contribution in [0, 0.1) is 0 Å². The van der Waals surface area contributed by atoms with E-state index in [2.05, 4.69) is 165 Å². The molecule has 1 amide bonds. The largest absolute Gasteiger partial charge is 0.394 e. The van der Waals surface area contributed by atoms with E-state index >= 15 is 0 Å². The second-order valence-electron chi connectivity index (χ2n) is 17.9. The molecule has 0 bridgehead atoms. The van der Waals surface area contributed by atoms with Gasteiger partial charge in [0.1, 0.15) is 24.4 Å². The average molecular weight is 984 g/mol. The van der Waals surface area contributed by atoms with Crippen LogP contribution in [0.4, 0.5) is 0 Å². The van der Waals surface area contributed by atoms with E-state index in [1.54, 1.807) is 6.08 Å². The number of aliphatic hydroxyl groups is 5. The third kappa shape index (κ3) is 39.1. The van der Waals surface area contributed by atoms with Gasteiger partial charge in [-0.15, -0.1) is 0 Å². The molecule has 9 nitrogen and oxygen atoms in total. The second-order valence-corrected chi connectivity index (χ2v) is 17.9. The standard InChI is InChI=1S/C62H97NO8/c1-3-5-7-9-11-13-15-16-17-18-19-20-21-22-23-24-25-26-27-28-29-30-31-32-33-34-35-36-37-38-39-40-42-44-46-48-50-52-58(66)63-55(54-70-62-61(69)60(68)59(67)57(53-64)71-62)56(65)51-49-47-45-43-41-14-12-10-8-6-4-2/h5,7,11,13,16-17,19-20,22-23,25-26,28-29,31-32,34-35,37-38,40-43,49,51,55-57,59-62,64-65,67-69H,3-4,6,8-10,12,14-15,18,21,24,27,30,33,36,39,44-48,50,52-54H2,1-2H3,(H,63,66)/b7-5-,13-11-,17-16-,20-19-,23-22-,26-25-,29-28-,32-31-,35-34-,38-37-,42-40-,43-41+,51-49+. The maximum absolute atomic E-state index is 13.0. The lowest BCUT2D eigenvalue weighted by Crippen LogP contribution is -2.60. The third-order valence-corrected chi connectivity index (χ3v) is 11.6. The fraction of sp³-hybridized carbons (Fsp3) is 0.565. The summed E-state index contributed by atoms with van der Waals surface area (Å²) in [7, 11) is 0. The molecule has 71 heavy (non-hydrogen) atoms. The molecule has 0 spiro atoms. The Kier molecular flexibility index (Phi) is 45.1. The van der Waals surface area contributed by atoms with Crippen molar-refractivity contribution in [1.29, 1.82) is 0 Å². The Morgan fingerprint density at radius 1 is 0.493 bits per heavy atom. The van der Waals surface area contributed by atoms with Gasteiger partial charge in [0.25, 0.3) is 0 Å². The van der Waals surface area contributed by atoms with Gasteiger partial charge in [0, 0.05) is 6.42 Å². The highest BCUT2D eigenvalue weighted by Gasteiger charge is 2.44. The summed E-state index contributed by atoms with van der Waals surface area (Å²) in [4.78, 5) is 13.0. The Bertz CT molecular complexity index is 1660. The van der Waals surface area contributed by atoms with Crippen LogP contribution >= 0.6 is 0 Å². The number of nitrogens with one attached hydrogen (secondary N) is 1. The lowest BCUT2D eigenvalue weighted by Gasteiger charge is -2.40. The van der Waals surface area contributed by atoms with E-state index in [-0.39, 0.29) is 18.9 Å². The van der Waals surface area contributed by atoms with Crippen molar-refractivity contribution in [3.63, 3.8) is 0 Å². The number of amides is 1. The number of hydrogen-bond donors (Lipinski definition) is 6. The minimum Gasteiger partial charge on any atom is -0.394 e. The van der Waals surface area contributed by atoms with Gasteiger partial charge < -0.3 is 40.3 Å². The molecule has 1 aliphatic heterocycles. The van der Waals surface area contributed by atoms with Gasteiger partial charge in [-0.25, -0.2) is 0 Å². The fourth-order valence-corrected chi connectivity index (χ4v) is 7.29. The van der Waals surface area contributed by atoms with Gasteiger partial charge in [0.15, 0.2) is 6.29 Å². The van der Waals surface area contributed by atoms with Crippen LogP contribution in [0.1, 0.15) is 168 Å². The predicted octanol–water partition coefficient (Wildman–Crippen LogP) is 13.3. The van der Waals surface area contributed by atoms with Crippen LogP contribution in [0.2, 0.25) is 0 Å². The molecule has 0 aromatic rings. The number of allylic oxidation sites excluding steroid dienone is 25. The van der Waals surface area contributed by atoms with Gasteiger partial charge >= 0.3 is 0 Å². The Morgan fingerprint density at radius 2 is 0.887 bits per heavy atom. The van der Waals surface area contributed by atoms with Gasteiger partial charge in [-0.1, -0.05) is 204 Å². The van der Waals surface area contributed by atoms with Gasteiger partial charge in [0.05, 0.1) is 25.4 Å². The molecule has 0 aliphatic carbocycles. The number of ether oxygens (including phenoxy) is 2. The Morgan fingerprint density at radius 3 is 1.34 bits per heavy atom. The zero-order chi connectivity index (χ0) is 51.5. The summed E-state index contributed by atoms with van der Waals surface area (Å²) in [6, 6.07) is -0.850. The smallest absolute Gasteiger partial charge is 0.220 e. The first-order chi connectivity index (χ1) is 34.8. The van der Waals surface area contributed by atoms with Crippen molar-refractivity contribution >= 4 is 5.91 Å². The summed E-state index contributed by atoms with van der Waals surface area (Å²) >= 11 is 0. The summed E-state index contributed by atoms with van der Waals surface area (Å²) in [6.07, 6.45) is 71.7. The molecule has 1 heterocycles. The van der Waals surface area contributed by atoms with E-state index in [1.807, 2.05) is 6.08 Å². The highest BCUT2D eigenvalue weighted by molar-refractivity contribution is 5.76. The minimum absolute atomic E-state index is 0.226. The first kappa shape index (κ1) is 64.8. The van der Waals surface area contributed by atoms with Gasteiger partial charge in [-0.2, -0.15) is 0 Å². The Balaban J connectivity index is 2.24. The van der Waals surface area contributed by atoms with Crippen LogP contribution in [0.25, 0.3) is 0 Å². The molecule has 0 aromatic carbocycles. The van der Waals surface area contributed by atoms with Crippen LogP contribution in [0.3, 0.4) is 0 Å². The maximum Gasteiger partial charge on any atom is 0.220 e. The lowest BCUT2D eigenvalue weighted by molar-refractivity contribution is -0.302. The van der Waals surface area contributed by atoms with Gasteiger partial charge in [0.2, 0.25) is 5.91 Å². The first-order valence-electron chi connectivity index (χ1n) is 27.2. The lowest BCUT2D eigenvalue weighted by atomic mass is 9.99. The maximum atomic E-state index is 13.0. The topological polar surface area (TPSA) is 149 Å². The fourth-order valence-electron chi connectivity index (χ4n) is 7.29. The van der Waals surface area contributed by atoms with Crippen molar-refractivity contribution in [3.8, 4) is 0 Å². The van der Waals surface area contributed by atoms with Crippen molar-refractivity contribution in [1.82, 2.24) is 5.32 Å². The van der Waals surface area contributed by atoms with Crippen LogP contribution in [0.15, 0.2) is 158 Å². The molecule has 1 fully saturated rings. The Labute approximate surface area is 431 Å². The zero-order valence-corrected chi connectivity index (χ0v) is 43.9. The molecule has 1 rings (SSSR count). The number of carbonyl (C=O) groups excluding carboxylic acids is 1. The minimum atomic E-state index is -1.59. The number of unbranched alkanes of at least 4 members (excludes halogenated alkanes) is 9. The molecule has 7 atom stereocenters. The van der Waals surface area contributed by atoms with E-state index in [9.17, 15) is 30.3 Å². The van der Waals surface area contributed by atoms with Crippen molar-refractivity contribution < 1.29 is 39.8 Å². The van der Waals surface area contributed by atoms with E-state index in [0.29, 0.717) is 6.42 Å². The molecule has 6 N–H and O–H groups in total. The molecule has 398 valence electrons. The summed E-state index contributed by atoms with van der Waals surface area (Å²) < 4.78 is 11.2. The molecule has 9 heteroatoms. The third-order valence-electron chi connectivity index (χ3n) is 11.6. The van der Waals surface area contributed by atoms with E-state index in [4.69, 9.17) is 9.47 Å². The normalized spacial score (nSPS) is 20.6. The zero-order valence-electron chi connectivity index (χ0n) is 43.9. The first-order valence-corrected chi connectivity index (χ1v) is 27.2. The average Bonchev–Trinajstić information content (AvgIpc) is 3.37. The van der Waals surface area contributed by atoms with Crippen molar-refractivity contribution in [2.24, 2.45) is 0 Å². The van der Waals surface area contributed by atoms with Crippen LogP contribution in [0.5, 0.6) is 0 Å². The molecule has 1 aliphatic rings. The van der Waals surface area contributed by atoms with E-state index < -0.39 is 49.5 Å². The van der Waals surface area contributed by atoms with Crippen molar-refractivity contribution in [2.45, 2.75) is 211 Å². The second kappa shape index (κ2) is 49.4. The van der Waals surface area contributed by atoms with Crippen molar-refractivity contribution in [2.75, 3.05) is 13.2 Å². The SMILES string of the molecule is CC/C=C\C/C=C\C/C=C\C/C=C\C/C=C\C/C=C\C/C=C\C/C=C\C/C=C\C/C=C\C/C=C\CCCCCC(=O)NC(COC1OC(CO)C(O)C(O)C1O)C(O)/C=C/CC/C=C/CCCCCCC. The highest BCUT2D eigenvalue weighted by atomic mass is 16.7. The van der Waals surface area contributed by atoms with E-state index in [1.165, 1.54) is 32.1 Å². The molecule has 0 aromatic heterocycles. The number of aliphatic hydroxyl groups excluding tert-OH is 5. The van der Waals surface area contributed by atoms with Gasteiger partial charge in [-0.05, 0) is 116 Å². The highest BCUT2D eigenvalue weighted by Crippen LogP contribution is 2.22. The summed E-state index contributed by atoms with van der Waals surface area (Å²) in [5.74, 6) is -0.229. The molecular formula is C62H97NO8. The number of carbonyl (C=O) groups is 1. The van der Waals surface area contributed by atoms with Crippen LogP contribution < -0.4 is 5.32 Å². The van der Waals surface area contributed by atoms with Crippen LogP contribution in [-0.2, 0) is 14.3 Å². The molecule has 7 unspecified atom stereocenters. The van der Waals surface area contributed by atoms with E-state index in [0.717, 1.165) is 109 Å². The van der Waals surface area contributed by atoms with Crippen molar-refractivity contribution in [3.05, 3.63) is 158 Å². The summed E-state index contributed by atoms with van der Waals surface area (Å²) in [5.41, 5.74) is 0. The van der Waals surface area contributed by atoms with Crippen LogP contribution in [-0.4, -0.2) is 87.5 Å². The predicted molar refractivity (Wildman–Crippen MR) is 299 cm³/mol. The Hall–Kier alpha value is -4.19. The summed E-state index contributed by atoms with van der Waals surface area (Å²) in [5, 5.41) is 54.2.